The van der Waals surface area contributed by atoms with Crippen molar-refractivity contribution in [1.82, 2.24) is 0 Å². The number of nitrogens with two attached hydrogens (primary N) is 1. The summed E-state index contributed by atoms with van der Waals surface area (Å²) in [6, 6.07) is 13.2. The van der Waals surface area contributed by atoms with Crippen molar-refractivity contribution in [2.75, 3.05) is 31.3 Å². The molecule has 0 bridgehead atoms. The standard InChI is InChI=1S/C22H26N2O4.ClH/c1-3-10-26-19-7-5-4-6-17(19)15-24(22(25)16(2)14-23)18-8-9-20-21(13-18)28-12-11-27-20;/h3-9,13,16H,1,10-12,14-15,23H2,2H3;1H. The van der Waals surface area contributed by atoms with Crippen LogP contribution in [-0.4, -0.2) is 32.3 Å². The van der Waals surface area contributed by atoms with E-state index in [-0.39, 0.29) is 30.8 Å². The lowest BCUT2D eigenvalue weighted by Gasteiger charge is -2.28. The Balaban J connectivity index is 0.00000300. The number of ether oxygens (including phenoxy) is 3. The van der Waals surface area contributed by atoms with Gasteiger partial charge in [-0.3, -0.25) is 4.79 Å². The highest BCUT2D eigenvalue weighted by Crippen LogP contribution is 2.35. The Morgan fingerprint density at radius 2 is 1.97 bits per heavy atom. The molecule has 0 saturated carbocycles. The van der Waals surface area contributed by atoms with Crippen LogP contribution in [0.2, 0.25) is 0 Å². The van der Waals surface area contributed by atoms with Gasteiger partial charge in [-0.15, -0.1) is 12.4 Å². The average Bonchev–Trinajstić information content (AvgIpc) is 2.75. The van der Waals surface area contributed by atoms with Gasteiger partial charge in [0, 0.05) is 29.8 Å². The minimum atomic E-state index is -0.311. The largest absolute Gasteiger partial charge is 0.489 e. The molecular formula is C22H27ClN2O4. The molecule has 0 aliphatic carbocycles. The number of halogens is 1. The number of para-hydroxylation sites is 1. The quantitative estimate of drug-likeness (QED) is 0.663. The number of anilines is 1. The van der Waals surface area contributed by atoms with E-state index in [4.69, 9.17) is 19.9 Å². The van der Waals surface area contributed by atoms with Crippen molar-refractivity contribution in [3.8, 4) is 17.2 Å². The summed E-state index contributed by atoms with van der Waals surface area (Å²) < 4.78 is 17.0. The van der Waals surface area contributed by atoms with Gasteiger partial charge in [0.25, 0.3) is 0 Å². The number of benzene rings is 2. The number of carbonyl (C=O) groups excluding carboxylic acids is 1. The Bertz CT molecular complexity index is 843. The Morgan fingerprint density at radius 3 is 2.69 bits per heavy atom. The number of carbonyl (C=O) groups is 1. The maximum absolute atomic E-state index is 13.1. The summed E-state index contributed by atoms with van der Waals surface area (Å²) >= 11 is 0. The molecule has 2 N–H and O–H groups in total. The van der Waals surface area contributed by atoms with E-state index in [0.29, 0.717) is 37.9 Å². The maximum atomic E-state index is 13.1. The number of rotatable bonds is 8. The normalized spacial score (nSPS) is 13.0. The lowest BCUT2D eigenvalue weighted by molar-refractivity contribution is -0.121. The second-order valence-electron chi connectivity index (χ2n) is 6.60. The zero-order valence-electron chi connectivity index (χ0n) is 16.5. The first-order valence-electron chi connectivity index (χ1n) is 9.36. The van der Waals surface area contributed by atoms with E-state index in [9.17, 15) is 4.79 Å². The third-order valence-electron chi connectivity index (χ3n) is 4.54. The van der Waals surface area contributed by atoms with Crippen molar-refractivity contribution in [3.63, 3.8) is 0 Å². The molecule has 0 radical (unpaired) electrons. The molecule has 1 heterocycles. The van der Waals surface area contributed by atoms with Gasteiger partial charge in [0.1, 0.15) is 25.6 Å². The molecule has 156 valence electrons. The molecule has 1 unspecified atom stereocenters. The van der Waals surface area contributed by atoms with Gasteiger partial charge in [-0.1, -0.05) is 37.8 Å². The smallest absolute Gasteiger partial charge is 0.231 e. The molecule has 29 heavy (non-hydrogen) atoms. The molecule has 0 saturated heterocycles. The van der Waals surface area contributed by atoms with E-state index < -0.39 is 0 Å². The highest BCUT2D eigenvalue weighted by atomic mass is 35.5. The van der Waals surface area contributed by atoms with Gasteiger partial charge < -0.3 is 24.8 Å². The predicted octanol–water partition coefficient (Wildman–Crippen LogP) is 3.57. The van der Waals surface area contributed by atoms with Crippen molar-refractivity contribution < 1.29 is 19.0 Å². The van der Waals surface area contributed by atoms with Crippen molar-refractivity contribution >= 4 is 24.0 Å². The van der Waals surface area contributed by atoms with Gasteiger partial charge in [0.2, 0.25) is 5.91 Å². The van der Waals surface area contributed by atoms with Crippen LogP contribution in [0.25, 0.3) is 0 Å². The Kier molecular flexibility index (Phi) is 8.36. The first-order chi connectivity index (χ1) is 13.6. The Labute approximate surface area is 177 Å². The number of hydrogen-bond donors (Lipinski definition) is 1. The van der Waals surface area contributed by atoms with E-state index in [1.807, 2.05) is 49.4 Å². The summed E-state index contributed by atoms with van der Waals surface area (Å²) in [4.78, 5) is 14.8. The molecule has 1 amide bonds. The van der Waals surface area contributed by atoms with Crippen molar-refractivity contribution in [2.24, 2.45) is 11.7 Å². The average molecular weight is 419 g/mol. The first-order valence-corrected chi connectivity index (χ1v) is 9.36. The van der Waals surface area contributed by atoms with Crippen LogP contribution in [0.3, 0.4) is 0 Å². The van der Waals surface area contributed by atoms with Gasteiger partial charge in [-0.25, -0.2) is 0 Å². The molecule has 6 nitrogen and oxygen atoms in total. The van der Waals surface area contributed by atoms with Gasteiger partial charge in [0.05, 0.1) is 6.54 Å². The molecule has 0 spiro atoms. The molecule has 7 heteroatoms. The second-order valence-corrected chi connectivity index (χ2v) is 6.60. The summed E-state index contributed by atoms with van der Waals surface area (Å²) in [7, 11) is 0. The van der Waals surface area contributed by atoms with Crippen LogP contribution in [0.5, 0.6) is 17.2 Å². The van der Waals surface area contributed by atoms with Crippen molar-refractivity contribution in [1.29, 1.82) is 0 Å². The van der Waals surface area contributed by atoms with Crippen LogP contribution < -0.4 is 24.8 Å². The Hall–Kier alpha value is -2.70. The minimum Gasteiger partial charge on any atom is -0.489 e. The third-order valence-corrected chi connectivity index (χ3v) is 4.54. The monoisotopic (exact) mass is 418 g/mol. The van der Waals surface area contributed by atoms with Gasteiger partial charge in [-0.2, -0.15) is 0 Å². The third kappa shape index (κ3) is 5.43. The number of nitrogens with zero attached hydrogens (tertiary/aromatic N) is 1. The molecular weight excluding hydrogens is 392 g/mol. The zero-order chi connectivity index (χ0) is 19.9. The van der Waals surface area contributed by atoms with Crippen LogP contribution in [0.15, 0.2) is 55.1 Å². The van der Waals surface area contributed by atoms with E-state index in [1.54, 1.807) is 11.0 Å². The summed E-state index contributed by atoms with van der Waals surface area (Å²) in [6.07, 6.45) is 1.69. The molecule has 3 rings (SSSR count). The van der Waals surface area contributed by atoms with Gasteiger partial charge in [0.15, 0.2) is 11.5 Å². The number of amides is 1. The van der Waals surface area contributed by atoms with E-state index in [1.165, 1.54) is 0 Å². The highest BCUT2D eigenvalue weighted by molar-refractivity contribution is 5.95. The summed E-state index contributed by atoms with van der Waals surface area (Å²) in [5.74, 6) is 1.67. The summed E-state index contributed by atoms with van der Waals surface area (Å²) in [5.41, 5.74) is 7.39. The fourth-order valence-electron chi connectivity index (χ4n) is 2.96. The molecule has 2 aromatic rings. The maximum Gasteiger partial charge on any atom is 0.231 e. The van der Waals surface area contributed by atoms with Crippen LogP contribution in [-0.2, 0) is 11.3 Å². The lowest BCUT2D eigenvalue weighted by atomic mass is 10.1. The predicted molar refractivity (Wildman–Crippen MR) is 116 cm³/mol. The highest BCUT2D eigenvalue weighted by Gasteiger charge is 2.24. The van der Waals surface area contributed by atoms with E-state index >= 15 is 0 Å². The van der Waals surface area contributed by atoms with E-state index in [2.05, 4.69) is 6.58 Å². The molecule has 1 aliphatic rings. The van der Waals surface area contributed by atoms with Crippen LogP contribution in [0.1, 0.15) is 12.5 Å². The van der Waals surface area contributed by atoms with Crippen molar-refractivity contribution in [3.05, 3.63) is 60.7 Å². The van der Waals surface area contributed by atoms with E-state index in [0.717, 1.165) is 17.0 Å². The minimum absolute atomic E-state index is 0. The van der Waals surface area contributed by atoms with Crippen LogP contribution in [0.4, 0.5) is 5.69 Å². The lowest BCUT2D eigenvalue weighted by Crippen LogP contribution is -2.37. The van der Waals surface area contributed by atoms with Crippen LogP contribution >= 0.6 is 12.4 Å². The number of fused-ring (bicyclic) bond motifs is 1. The van der Waals surface area contributed by atoms with Crippen LogP contribution in [0, 0.1) is 5.92 Å². The Morgan fingerprint density at radius 1 is 1.24 bits per heavy atom. The fraction of sp³-hybridized carbons (Fsp3) is 0.318. The zero-order valence-corrected chi connectivity index (χ0v) is 17.3. The van der Waals surface area contributed by atoms with Gasteiger partial charge in [-0.05, 0) is 18.2 Å². The summed E-state index contributed by atoms with van der Waals surface area (Å²) in [5, 5.41) is 0. The molecule has 1 atom stereocenters. The molecule has 1 aliphatic heterocycles. The fourth-order valence-corrected chi connectivity index (χ4v) is 2.96. The summed E-state index contributed by atoms with van der Waals surface area (Å²) in [6.45, 7) is 7.55. The second kappa shape index (κ2) is 10.7. The molecule has 0 aromatic heterocycles. The molecule has 0 fully saturated rings. The topological polar surface area (TPSA) is 74.0 Å². The van der Waals surface area contributed by atoms with Gasteiger partial charge >= 0.3 is 0 Å². The van der Waals surface area contributed by atoms with Crippen molar-refractivity contribution in [2.45, 2.75) is 13.5 Å². The first kappa shape index (κ1) is 22.6. The number of hydrogen-bond acceptors (Lipinski definition) is 5. The SMILES string of the molecule is C=CCOc1ccccc1CN(C(=O)C(C)CN)c1ccc2c(c1)OCCO2.Cl. The molecule has 2 aromatic carbocycles.